The van der Waals surface area contributed by atoms with E-state index in [0.29, 0.717) is 0 Å². The molecule has 208 valence electrons. The van der Waals surface area contributed by atoms with Gasteiger partial charge in [0.2, 0.25) is 0 Å². The third-order valence-corrected chi connectivity index (χ3v) is 6.86. The fourth-order valence-corrected chi connectivity index (χ4v) is 4.21. The van der Waals surface area contributed by atoms with Crippen LogP contribution in [0.15, 0.2) is 64.6 Å². The molecule has 2 nitrogen and oxygen atoms in total. The average molecular weight is 554 g/mol. The van der Waals surface area contributed by atoms with E-state index in [9.17, 15) is 0 Å². The van der Waals surface area contributed by atoms with Crippen molar-refractivity contribution in [1.29, 1.82) is 0 Å². The number of aryl methyl sites for hydroxylation is 3. The molecule has 38 heavy (non-hydrogen) atoms. The molecule has 0 fully saturated rings. The summed E-state index contributed by atoms with van der Waals surface area (Å²) in [5, 5.41) is 0. The normalized spacial score (nSPS) is 11.2. The molecular formula is C35H47N2Ni-. The summed E-state index contributed by atoms with van der Waals surface area (Å²) in [4.78, 5) is 9.64. The monoisotopic (exact) mass is 553 g/mol. The number of rotatable bonds is 10. The predicted octanol–water partition coefficient (Wildman–Crippen LogP) is 10.8. The quantitative estimate of drug-likeness (QED) is 0.103. The molecule has 0 unspecified atom stereocenters. The van der Waals surface area contributed by atoms with Crippen molar-refractivity contribution in [3.8, 4) is 11.1 Å². The maximum absolute atomic E-state index is 4.86. The van der Waals surface area contributed by atoms with E-state index in [-0.39, 0.29) is 16.5 Å². The van der Waals surface area contributed by atoms with Crippen molar-refractivity contribution in [2.24, 2.45) is 9.98 Å². The van der Waals surface area contributed by atoms with Gasteiger partial charge in [-0.25, -0.2) is 0 Å². The van der Waals surface area contributed by atoms with Crippen molar-refractivity contribution < 1.29 is 16.5 Å². The van der Waals surface area contributed by atoms with Crippen LogP contribution in [0.5, 0.6) is 0 Å². The summed E-state index contributed by atoms with van der Waals surface area (Å²) in [6.07, 6.45) is 10.4. The molecule has 0 saturated carbocycles. The molecule has 0 bridgehead atoms. The summed E-state index contributed by atoms with van der Waals surface area (Å²) in [5.74, 6) is 0. The van der Waals surface area contributed by atoms with Crippen LogP contribution in [-0.2, 0) is 22.9 Å². The van der Waals surface area contributed by atoms with Crippen molar-refractivity contribution >= 4 is 23.3 Å². The number of hydrogen-bond donors (Lipinski definition) is 0. The number of aliphatic imine (C=N–C) groups is 2. The van der Waals surface area contributed by atoms with Crippen molar-refractivity contribution in [2.75, 3.05) is 0 Å². The summed E-state index contributed by atoms with van der Waals surface area (Å²) >= 11 is 0. The van der Waals surface area contributed by atoms with E-state index in [1.807, 2.05) is 13.1 Å². The first-order valence-corrected chi connectivity index (χ1v) is 14.0. The van der Waals surface area contributed by atoms with E-state index >= 15 is 0 Å². The molecule has 3 aromatic rings. The van der Waals surface area contributed by atoms with Crippen molar-refractivity contribution in [3.05, 3.63) is 89.3 Å². The Balaban J connectivity index is 0.00000135. The van der Waals surface area contributed by atoms with Gasteiger partial charge in [-0.2, -0.15) is 6.42 Å². The molecule has 3 aromatic carbocycles. The van der Waals surface area contributed by atoms with Gasteiger partial charge in [-0.05, 0) is 111 Å². The third-order valence-electron chi connectivity index (χ3n) is 6.86. The first kappa shape index (κ1) is 33.5. The molecule has 0 atom stereocenters. The van der Waals surface area contributed by atoms with Gasteiger partial charge in [0.05, 0.1) is 17.1 Å². The van der Waals surface area contributed by atoms with Crippen molar-refractivity contribution in [1.82, 2.24) is 0 Å². The van der Waals surface area contributed by atoms with Crippen LogP contribution in [0.2, 0.25) is 0 Å². The molecule has 0 heterocycles. The molecule has 0 saturated heterocycles. The zero-order valence-corrected chi connectivity index (χ0v) is 25.6. The van der Waals surface area contributed by atoms with Gasteiger partial charge in [0.25, 0.3) is 0 Å². The zero-order valence-electron chi connectivity index (χ0n) is 24.6. The fraction of sp³-hybridized carbons (Fsp3) is 0.400. The van der Waals surface area contributed by atoms with Gasteiger partial charge in [-0.15, -0.1) is 0 Å². The summed E-state index contributed by atoms with van der Waals surface area (Å²) in [5.41, 5.74) is 12.0. The maximum atomic E-state index is 4.86. The molecular weight excluding hydrogens is 507 g/mol. The Kier molecular flexibility index (Phi) is 15.8. The maximum Gasteiger partial charge on any atom is 0.0642 e. The third kappa shape index (κ3) is 10.7. The SMILES string of the molecule is CCCCCCc1cc(N=CC(C)=Nc2cc(C)c(C)c(-c3ccccc3)c2)cc(C)c1C.[CH2-]CCC.[Ni]. The standard InChI is InChI=1S/C31H38N2.C4H9.Ni/c1-7-8-9-11-16-28-19-29(17-22(2)25(28)5)32-21-24(4)33-30-18-23(3)26(6)31(20-30)27-14-12-10-13-15-27;1-3-4-2;/h10,12-15,17-21H,7-9,11,16H2,1-6H3;1,3-4H2,2H3;/q;-1;. The van der Waals surface area contributed by atoms with Crippen LogP contribution in [0.3, 0.4) is 0 Å². The Hall–Kier alpha value is -2.51. The van der Waals surface area contributed by atoms with Crippen LogP contribution >= 0.6 is 0 Å². The molecule has 0 aliphatic heterocycles. The largest absolute Gasteiger partial charge is 0.343 e. The Morgan fingerprint density at radius 3 is 2.05 bits per heavy atom. The molecule has 3 heteroatoms. The first-order chi connectivity index (χ1) is 17.8. The van der Waals surface area contributed by atoms with Crippen molar-refractivity contribution in [3.63, 3.8) is 0 Å². The minimum absolute atomic E-state index is 0. The smallest absolute Gasteiger partial charge is 0.0642 e. The van der Waals surface area contributed by atoms with E-state index in [4.69, 9.17) is 9.98 Å². The van der Waals surface area contributed by atoms with Crippen LogP contribution in [0.25, 0.3) is 11.1 Å². The second-order valence-electron chi connectivity index (χ2n) is 10.0. The Morgan fingerprint density at radius 2 is 1.42 bits per heavy atom. The van der Waals surface area contributed by atoms with Gasteiger partial charge in [-0.3, -0.25) is 9.98 Å². The topological polar surface area (TPSA) is 24.7 Å². The number of unbranched alkanes of at least 4 members (excludes halogenated alkanes) is 4. The van der Waals surface area contributed by atoms with E-state index in [1.165, 1.54) is 71.0 Å². The molecule has 0 aliphatic rings. The minimum Gasteiger partial charge on any atom is -0.343 e. The van der Waals surface area contributed by atoms with E-state index in [1.54, 1.807) is 0 Å². The van der Waals surface area contributed by atoms with Crippen LogP contribution in [0.1, 0.15) is 87.1 Å². The zero-order chi connectivity index (χ0) is 27.2. The van der Waals surface area contributed by atoms with E-state index < -0.39 is 0 Å². The molecule has 0 aromatic heterocycles. The van der Waals surface area contributed by atoms with Crippen LogP contribution in [-0.4, -0.2) is 11.9 Å². The first-order valence-electron chi connectivity index (χ1n) is 14.0. The Labute approximate surface area is 243 Å². The summed E-state index contributed by atoms with van der Waals surface area (Å²) in [7, 11) is 0. The van der Waals surface area contributed by atoms with E-state index in [0.717, 1.165) is 29.9 Å². The van der Waals surface area contributed by atoms with Gasteiger partial charge in [-0.1, -0.05) is 69.9 Å². The van der Waals surface area contributed by atoms with Gasteiger partial charge < -0.3 is 6.92 Å². The summed E-state index contributed by atoms with van der Waals surface area (Å²) in [6, 6.07) is 19.3. The predicted molar refractivity (Wildman–Crippen MR) is 166 cm³/mol. The second-order valence-corrected chi connectivity index (χ2v) is 10.0. The molecule has 0 spiro atoms. The van der Waals surface area contributed by atoms with Gasteiger partial charge in [0.1, 0.15) is 0 Å². The minimum atomic E-state index is 0. The number of nitrogens with zero attached hydrogens (tertiary/aromatic N) is 2. The van der Waals surface area contributed by atoms with Crippen molar-refractivity contribution in [2.45, 2.75) is 93.4 Å². The van der Waals surface area contributed by atoms with Crippen LogP contribution in [0, 0.1) is 34.6 Å². The molecule has 0 aliphatic carbocycles. The molecule has 0 amide bonds. The molecule has 3 rings (SSSR count). The fourth-order valence-electron chi connectivity index (χ4n) is 4.21. The van der Waals surface area contributed by atoms with Gasteiger partial charge in [0.15, 0.2) is 0 Å². The second kappa shape index (κ2) is 17.9. The molecule has 0 radical (unpaired) electrons. The van der Waals surface area contributed by atoms with Crippen LogP contribution in [0.4, 0.5) is 11.4 Å². The summed E-state index contributed by atoms with van der Waals surface area (Å²) < 4.78 is 0. The van der Waals surface area contributed by atoms with Gasteiger partial charge >= 0.3 is 0 Å². The van der Waals surface area contributed by atoms with E-state index in [2.05, 4.69) is 103 Å². The summed E-state index contributed by atoms with van der Waals surface area (Å²) in [6.45, 7) is 18.8. The number of benzene rings is 3. The Bertz CT molecular complexity index is 1170. The number of hydrogen-bond acceptors (Lipinski definition) is 2. The Morgan fingerprint density at radius 1 is 0.789 bits per heavy atom. The molecule has 0 N–H and O–H groups in total. The van der Waals surface area contributed by atoms with Crippen LogP contribution < -0.4 is 0 Å². The average Bonchev–Trinajstić information content (AvgIpc) is 2.90. The van der Waals surface area contributed by atoms with Gasteiger partial charge in [0, 0.05) is 22.7 Å².